The standard InChI is InChI=1S/C13H13N3O3/c1-8-10(7-14-16(8)2)12(17)15-11-6-4-3-5-9(11)13(18)19/h3-7H,1-2H3,(H,15,17)(H,18,19). The van der Waals surface area contributed by atoms with Crippen LogP contribution in [0, 0.1) is 6.92 Å². The number of aryl methyl sites for hydroxylation is 1. The Labute approximate surface area is 109 Å². The smallest absolute Gasteiger partial charge is 0.337 e. The number of hydrogen-bond donors (Lipinski definition) is 2. The molecule has 2 rings (SSSR count). The van der Waals surface area contributed by atoms with E-state index in [1.807, 2.05) is 0 Å². The average Bonchev–Trinajstić information content (AvgIpc) is 2.70. The van der Waals surface area contributed by atoms with Gasteiger partial charge in [-0.05, 0) is 19.1 Å². The van der Waals surface area contributed by atoms with Gasteiger partial charge in [0.05, 0.1) is 23.0 Å². The second-order valence-corrected chi connectivity index (χ2v) is 4.07. The molecule has 6 nitrogen and oxygen atoms in total. The largest absolute Gasteiger partial charge is 0.478 e. The molecule has 19 heavy (non-hydrogen) atoms. The molecular formula is C13H13N3O3. The number of nitrogens with one attached hydrogen (secondary N) is 1. The normalized spacial score (nSPS) is 10.2. The zero-order valence-corrected chi connectivity index (χ0v) is 10.5. The monoisotopic (exact) mass is 259 g/mol. The predicted octanol–water partition coefficient (Wildman–Crippen LogP) is 1.68. The van der Waals surface area contributed by atoms with Crippen LogP contribution in [0.5, 0.6) is 0 Å². The van der Waals surface area contributed by atoms with Crippen LogP contribution < -0.4 is 5.32 Å². The summed E-state index contributed by atoms with van der Waals surface area (Å²) in [7, 11) is 1.73. The van der Waals surface area contributed by atoms with Gasteiger partial charge in [0.15, 0.2) is 0 Å². The van der Waals surface area contributed by atoms with Crippen LogP contribution in [-0.4, -0.2) is 26.8 Å². The van der Waals surface area contributed by atoms with Crippen molar-refractivity contribution in [1.29, 1.82) is 0 Å². The van der Waals surface area contributed by atoms with Crippen molar-refractivity contribution in [3.8, 4) is 0 Å². The first-order valence-electron chi connectivity index (χ1n) is 5.63. The molecule has 1 aromatic carbocycles. The van der Waals surface area contributed by atoms with Gasteiger partial charge in [0.1, 0.15) is 0 Å². The van der Waals surface area contributed by atoms with Crippen LogP contribution >= 0.6 is 0 Å². The molecule has 2 aromatic rings. The number of carboxylic acids is 1. The van der Waals surface area contributed by atoms with Gasteiger partial charge >= 0.3 is 5.97 Å². The van der Waals surface area contributed by atoms with E-state index in [9.17, 15) is 9.59 Å². The van der Waals surface area contributed by atoms with Crippen LogP contribution in [0.25, 0.3) is 0 Å². The summed E-state index contributed by atoms with van der Waals surface area (Å²) in [5, 5.41) is 15.6. The fraction of sp³-hybridized carbons (Fsp3) is 0.154. The third-order valence-electron chi connectivity index (χ3n) is 2.89. The maximum Gasteiger partial charge on any atom is 0.337 e. The molecule has 6 heteroatoms. The Morgan fingerprint density at radius 3 is 2.53 bits per heavy atom. The molecule has 1 amide bonds. The second kappa shape index (κ2) is 4.93. The van der Waals surface area contributed by atoms with Gasteiger partial charge < -0.3 is 10.4 Å². The molecule has 0 unspecified atom stereocenters. The lowest BCUT2D eigenvalue weighted by Crippen LogP contribution is -2.15. The molecule has 0 aliphatic carbocycles. The zero-order valence-electron chi connectivity index (χ0n) is 10.5. The number of para-hydroxylation sites is 1. The summed E-state index contributed by atoms with van der Waals surface area (Å²) in [5.41, 5.74) is 1.45. The Kier molecular flexibility index (Phi) is 3.33. The van der Waals surface area contributed by atoms with Gasteiger partial charge in [0.25, 0.3) is 5.91 Å². The summed E-state index contributed by atoms with van der Waals surface area (Å²) in [4.78, 5) is 23.1. The van der Waals surface area contributed by atoms with Crippen LogP contribution in [-0.2, 0) is 7.05 Å². The summed E-state index contributed by atoms with van der Waals surface area (Å²) in [5.74, 6) is -1.46. The Balaban J connectivity index is 2.29. The Hall–Kier alpha value is -2.63. The van der Waals surface area contributed by atoms with Gasteiger partial charge in [0, 0.05) is 12.7 Å². The number of aromatic nitrogens is 2. The summed E-state index contributed by atoms with van der Waals surface area (Å²) in [6.45, 7) is 1.77. The summed E-state index contributed by atoms with van der Waals surface area (Å²) < 4.78 is 1.58. The quantitative estimate of drug-likeness (QED) is 0.878. The second-order valence-electron chi connectivity index (χ2n) is 4.07. The molecule has 1 aromatic heterocycles. The maximum absolute atomic E-state index is 12.1. The van der Waals surface area contributed by atoms with Crippen molar-refractivity contribution < 1.29 is 14.7 Å². The third kappa shape index (κ3) is 2.47. The van der Waals surface area contributed by atoms with Crippen LogP contribution in [0.3, 0.4) is 0 Å². The number of carbonyl (C=O) groups is 2. The third-order valence-corrected chi connectivity index (χ3v) is 2.89. The number of hydrogen-bond acceptors (Lipinski definition) is 3. The van der Waals surface area contributed by atoms with Crippen LogP contribution in [0.15, 0.2) is 30.5 Å². The molecular weight excluding hydrogens is 246 g/mol. The molecule has 0 aliphatic heterocycles. The maximum atomic E-state index is 12.1. The lowest BCUT2D eigenvalue weighted by Gasteiger charge is -2.07. The van der Waals surface area contributed by atoms with Gasteiger partial charge in [-0.15, -0.1) is 0 Å². The first-order chi connectivity index (χ1) is 9.00. The van der Waals surface area contributed by atoms with Crippen molar-refractivity contribution in [1.82, 2.24) is 9.78 Å². The summed E-state index contributed by atoms with van der Waals surface area (Å²) in [6.07, 6.45) is 1.45. The van der Waals surface area contributed by atoms with Crippen LogP contribution in [0.1, 0.15) is 26.4 Å². The van der Waals surface area contributed by atoms with Gasteiger partial charge in [-0.1, -0.05) is 12.1 Å². The Morgan fingerprint density at radius 1 is 1.26 bits per heavy atom. The SMILES string of the molecule is Cc1c(C(=O)Nc2ccccc2C(=O)O)cnn1C. The number of rotatable bonds is 3. The van der Waals surface area contributed by atoms with Gasteiger partial charge in [-0.25, -0.2) is 4.79 Å². The van der Waals surface area contributed by atoms with E-state index in [4.69, 9.17) is 5.11 Å². The van der Waals surface area contributed by atoms with E-state index in [1.54, 1.807) is 36.9 Å². The van der Waals surface area contributed by atoms with Gasteiger partial charge in [0.2, 0.25) is 0 Å². The van der Waals surface area contributed by atoms with E-state index in [1.165, 1.54) is 12.3 Å². The molecule has 2 N–H and O–H groups in total. The van der Waals surface area contributed by atoms with Crippen molar-refractivity contribution >= 4 is 17.6 Å². The van der Waals surface area contributed by atoms with Crippen molar-refractivity contribution in [2.45, 2.75) is 6.92 Å². The highest BCUT2D eigenvalue weighted by Crippen LogP contribution is 2.17. The average molecular weight is 259 g/mol. The Bertz CT molecular complexity index is 646. The van der Waals surface area contributed by atoms with E-state index in [-0.39, 0.29) is 17.2 Å². The number of carboxylic acid groups (broad SMARTS) is 1. The molecule has 0 radical (unpaired) electrons. The molecule has 0 atom stereocenters. The fourth-order valence-electron chi connectivity index (χ4n) is 1.69. The first kappa shape index (κ1) is 12.8. The lowest BCUT2D eigenvalue weighted by molar-refractivity contribution is 0.0698. The van der Waals surface area contributed by atoms with E-state index in [0.717, 1.165) is 0 Å². The predicted molar refractivity (Wildman–Crippen MR) is 69.3 cm³/mol. The number of benzene rings is 1. The highest BCUT2D eigenvalue weighted by molar-refractivity contribution is 6.08. The Morgan fingerprint density at radius 2 is 1.95 bits per heavy atom. The van der Waals surface area contributed by atoms with Crippen LogP contribution in [0.4, 0.5) is 5.69 Å². The highest BCUT2D eigenvalue weighted by atomic mass is 16.4. The molecule has 0 spiro atoms. The van der Waals surface area contributed by atoms with Crippen molar-refractivity contribution in [2.24, 2.45) is 7.05 Å². The number of amides is 1. The van der Waals surface area contributed by atoms with E-state index < -0.39 is 5.97 Å². The summed E-state index contributed by atoms with van der Waals surface area (Å²) >= 11 is 0. The molecule has 0 saturated carbocycles. The fourth-order valence-corrected chi connectivity index (χ4v) is 1.69. The highest BCUT2D eigenvalue weighted by Gasteiger charge is 2.16. The minimum atomic E-state index is -1.08. The topological polar surface area (TPSA) is 84.2 Å². The molecule has 0 saturated heterocycles. The molecule has 1 heterocycles. The van der Waals surface area contributed by atoms with E-state index in [0.29, 0.717) is 11.3 Å². The van der Waals surface area contributed by atoms with Gasteiger partial charge in [-0.3, -0.25) is 9.48 Å². The minimum absolute atomic E-state index is 0.0531. The zero-order chi connectivity index (χ0) is 14.0. The minimum Gasteiger partial charge on any atom is -0.478 e. The summed E-state index contributed by atoms with van der Waals surface area (Å²) in [6, 6.07) is 6.26. The molecule has 0 bridgehead atoms. The number of aromatic carboxylic acids is 1. The van der Waals surface area contributed by atoms with Gasteiger partial charge in [-0.2, -0.15) is 5.10 Å². The number of nitrogens with zero attached hydrogens (tertiary/aromatic N) is 2. The molecule has 0 fully saturated rings. The van der Waals surface area contributed by atoms with Crippen molar-refractivity contribution in [2.75, 3.05) is 5.32 Å². The molecule has 98 valence electrons. The lowest BCUT2D eigenvalue weighted by atomic mass is 10.1. The van der Waals surface area contributed by atoms with E-state index in [2.05, 4.69) is 10.4 Å². The first-order valence-corrected chi connectivity index (χ1v) is 5.63. The van der Waals surface area contributed by atoms with Crippen LogP contribution in [0.2, 0.25) is 0 Å². The number of anilines is 1. The van der Waals surface area contributed by atoms with Crippen molar-refractivity contribution in [3.63, 3.8) is 0 Å². The van der Waals surface area contributed by atoms with Crippen molar-refractivity contribution in [3.05, 3.63) is 47.3 Å². The number of carbonyl (C=O) groups excluding carboxylic acids is 1. The molecule has 0 aliphatic rings. The van der Waals surface area contributed by atoms with E-state index >= 15 is 0 Å².